The summed E-state index contributed by atoms with van der Waals surface area (Å²) in [5.74, 6) is 0. The number of fused-ring (bicyclic) bond motifs is 2. The van der Waals surface area contributed by atoms with Crippen LogP contribution in [-0.4, -0.2) is 32.4 Å². The number of benzene rings is 2. The quantitative estimate of drug-likeness (QED) is 0.184. The Morgan fingerprint density at radius 2 is 1.13 bits per heavy atom. The van der Waals surface area contributed by atoms with Crippen molar-refractivity contribution < 1.29 is 30.3 Å². The summed E-state index contributed by atoms with van der Waals surface area (Å²) in [5, 5.41) is 23.7. The van der Waals surface area contributed by atoms with Gasteiger partial charge in [0.1, 0.15) is 0 Å². The minimum atomic E-state index is -0.375. The van der Waals surface area contributed by atoms with Crippen molar-refractivity contribution in [2.24, 2.45) is 0 Å². The molecule has 0 spiro atoms. The van der Waals surface area contributed by atoms with Gasteiger partial charge in [-0.1, -0.05) is 12.1 Å². The van der Waals surface area contributed by atoms with Crippen LogP contribution in [0.2, 0.25) is 0 Å². The van der Waals surface area contributed by atoms with Gasteiger partial charge in [-0.3, -0.25) is 0 Å². The van der Waals surface area contributed by atoms with Crippen LogP contribution in [0, 0.1) is 12.1 Å². The first kappa shape index (κ1) is 29.8. The molecule has 0 bridgehead atoms. The molecule has 38 heavy (non-hydrogen) atoms. The van der Waals surface area contributed by atoms with Crippen LogP contribution in [0.1, 0.15) is 20.3 Å². The summed E-state index contributed by atoms with van der Waals surface area (Å²) in [4.78, 5) is 8.85. The standard InChI is InChI=1S/2C13H8NS.C5H12O2.Ir/c2*1-2-4-10(5-3-1)13-11-7-9-15-12(11)6-8-14-13;1-4(6)3-5(2)7;/h2*1-4,6-9H;4-7H,3H2,1-2H3;/q2*-1;;. The normalized spacial score (nSPS) is 11.9. The van der Waals surface area contributed by atoms with Gasteiger partial charge >= 0.3 is 0 Å². The molecule has 4 heterocycles. The topological polar surface area (TPSA) is 66.2 Å². The van der Waals surface area contributed by atoms with Gasteiger partial charge in [-0.15, -0.1) is 94.5 Å². The third-order valence-corrected chi connectivity index (χ3v) is 7.13. The fourth-order valence-corrected chi connectivity index (χ4v) is 5.36. The van der Waals surface area contributed by atoms with Gasteiger partial charge in [-0.25, -0.2) is 0 Å². The number of aliphatic hydroxyl groups is 2. The molecule has 2 N–H and O–H groups in total. The number of pyridine rings is 2. The van der Waals surface area contributed by atoms with E-state index in [1.54, 1.807) is 36.5 Å². The number of aliphatic hydroxyl groups excluding tert-OH is 2. The van der Waals surface area contributed by atoms with Gasteiger partial charge < -0.3 is 20.2 Å². The van der Waals surface area contributed by atoms with Gasteiger partial charge in [0.2, 0.25) is 0 Å². The zero-order valence-corrected chi connectivity index (χ0v) is 25.1. The van der Waals surface area contributed by atoms with Crippen LogP contribution in [0.25, 0.3) is 42.7 Å². The van der Waals surface area contributed by atoms with Gasteiger partial charge in [0, 0.05) is 41.9 Å². The summed E-state index contributed by atoms with van der Waals surface area (Å²) >= 11 is 3.48. The second-order valence-electron chi connectivity index (χ2n) is 8.47. The molecule has 0 saturated carbocycles. The molecular formula is C31H28IrN2O2S2-2. The predicted molar refractivity (Wildman–Crippen MR) is 156 cm³/mol. The molecule has 197 valence electrons. The van der Waals surface area contributed by atoms with E-state index in [1.807, 2.05) is 73.1 Å². The van der Waals surface area contributed by atoms with E-state index in [9.17, 15) is 0 Å². The van der Waals surface area contributed by atoms with E-state index in [0.29, 0.717) is 6.42 Å². The monoisotopic (exact) mass is 717 g/mol. The maximum absolute atomic E-state index is 8.56. The number of hydrogen-bond donors (Lipinski definition) is 2. The zero-order valence-electron chi connectivity index (χ0n) is 21.0. The van der Waals surface area contributed by atoms with Gasteiger partial charge in [0.25, 0.3) is 0 Å². The Hall–Kier alpha value is -2.77. The Balaban J connectivity index is 0.000000167. The number of nitrogens with zero attached hydrogens (tertiary/aromatic N) is 2. The summed E-state index contributed by atoms with van der Waals surface area (Å²) in [7, 11) is 0. The second-order valence-corrected chi connectivity index (χ2v) is 10.4. The first-order valence-electron chi connectivity index (χ1n) is 12.0. The molecule has 0 aliphatic heterocycles. The van der Waals surface area contributed by atoms with Crippen molar-refractivity contribution in [1.29, 1.82) is 0 Å². The fraction of sp³-hybridized carbons (Fsp3) is 0.161. The minimum Gasteiger partial charge on any atom is -0.393 e. The van der Waals surface area contributed by atoms with Gasteiger partial charge in [0.05, 0.1) is 12.2 Å². The summed E-state index contributed by atoms with van der Waals surface area (Å²) in [6, 6.07) is 30.6. The SMILES string of the molecule is CC(O)CC(C)O.[Ir].[c-]1ccccc1-c1nccc2sccc12.[c-]1ccccc1-c1nccc2sccc12. The van der Waals surface area contributed by atoms with Crippen molar-refractivity contribution in [2.75, 3.05) is 0 Å². The van der Waals surface area contributed by atoms with Gasteiger partial charge in [-0.05, 0) is 65.3 Å². The first-order valence-corrected chi connectivity index (χ1v) is 13.7. The van der Waals surface area contributed by atoms with E-state index >= 15 is 0 Å². The van der Waals surface area contributed by atoms with Crippen molar-refractivity contribution in [3.8, 4) is 22.5 Å². The fourth-order valence-electron chi connectivity index (χ4n) is 3.79. The van der Waals surface area contributed by atoms with E-state index in [0.717, 1.165) is 22.5 Å². The maximum Gasteiger partial charge on any atom is 0.0536 e. The van der Waals surface area contributed by atoms with Crippen LogP contribution in [-0.2, 0) is 20.1 Å². The Bertz CT molecular complexity index is 1400. The van der Waals surface area contributed by atoms with E-state index in [2.05, 4.69) is 45.0 Å². The molecule has 7 heteroatoms. The van der Waals surface area contributed by atoms with Crippen LogP contribution >= 0.6 is 22.7 Å². The van der Waals surface area contributed by atoms with Crippen molar-refractivity contribution in [3.05, 3.63) is 108 Å². The third-order valence-electron chi connectivity index (χ3n) is 5.37. The smallest absolute Gasteiger partial charge is 0.0536 e. The van der Waals surface area contributed by atoms with Crippen LogP contribution in [0.5, 0.6) is 0 Å². The molecule has 0 aliphatic rings. The number of hydrogen-bond acceptors (Lipinski definition) is 6. The van der Waals surface area contributed by atoms with E-state index in [1.165, 1.54) is 20.2 Å². The van der Waals surface area contributed by atoms with Gasteiger partial charge in [0.15, 0.2) is 0 Å². The largest absolute Gasteiger partial charge is 0.393 e. The average molecular weight is 717 g/mol. The van der Waals surface area contributed by atoms with E-state index in [4.69, 9.17) is 10.2 Å². The minimum absolute atomic E-state index is 0. The number of aromatic nitrogens is 2. The van der Waals surface area contributed by atoms with Crippen LogP contribution in [0.4, 0.5) is 0 Å². The number of thiophene rings is 2. The molecule has 1 radical (unpaired) electrons. The van der Waals surface area contributed by atoms with E-state index < -0.39 is 0 Å². The molecule has 6 aromatic rings. The molecule has 4 aromatic heterocycles. The molecule has 0 aliphatic carbocycles. The van der Waals surface area contributed by atoms with Crippen molar-refractivity contribution in [3.63, 3.8) is 0 Å². The van der Waals surface area contributed by atoms with E-state index in [-0.39, 0.29) is 32.3 Å². The molecule has 0 fully saturated rings. The Morgan fingerprint density at radius 3 is 1.47 bits per heavy atom. The maximum atomic E-state index is 8.56. The molecule has 0 saturated heterocycles. The van der Waals surface area contributed by atoms with Gasteiger partial charge in [-0.2, -0.15) is 0 Å². The van der Waals surface area contributed by atoms with Crippen LogP contribution < -0.4 is 0 Å². The molecule has 4 nitrogen and oxygen atoms in total. The second kappa shape index (κ2) is 15.0. The predicted octanol–water partition coefficient (Wildman–Crippen LogP) is 7.66. The summed E-state index contributed by atoms with van der Waals surface area (Å²) < 4.78 is 2.55. The third kappa shape index (κ3) is 8.11. The zero-order chi connectivity index (χ0) is 26.0. The molecule has 2 unspecified atom stereocenters. The van der Waals surface area contributed by atoms with Crippen molar-refractivity contribution in [2.45, 2.75) is 32.5 Å². The Kier molecular flexibility index (Phi) is 11.7. The summed E-state index contributed by atoms with van der Waals surface area (Å²) in [6.45, 7) is 3.32. The summed E-state index contributed by atoms with van der Waals surface area (Å²) in [6.07, 6.45) is 3.43. The molecule has 2 atom stereocenters. The molecular weight excluding hydrogens is 689 g/mol. The first-order chi connectivity index (χ1) is 18.0. The van der Waals surface area contributed by atoms with Crippen molar-refractivity contribution >= 4 is 42.8 Å². The van der Waals surface area contributed by atoms with Crippen LogP contribution in [0.15, 0.2) is 96.0 Å². The van der Waals surface area contributed by atoms with Crippen LogP contribution in [0.3, 0.4) is 0 Å². The molecule has 0 amide bonds. The average Bonchev–Trinajstić information content (AvgIpc) is 3.59. The molecule has 2 aromatic carbocycles. The Labute approximate surface area is 245 Å². The molecule has 6 rings (SSSR count). The number of rotatable bonds is 4. The Morgan fingerprint density at radius 1 is 0.684 bits per heavy atom. The van der Waals surface area contributed by atoms with Crippen molar-refractivity contribution in [1.82, 2.24) is 9.97 Å². The summed E-state index contributed by atoms with van der Waals surface area (Å²) in [5.41, 5.74) is 4.16.